The fourth-order valence-corrected chi connectivity index (χ4v) is 4.50. The van der Waals surface area contributed by atoms with Gasteiger partial charge < -0.3 is 4.98 Å². The first kappa shape index (κ1) is 22.8. The quantitative estimate of drug-likeness (QED) is 0.305. The zero-order valence-electron chi connectivity index (χ0n) is 19.3. The van der Waals surface area contributed by atoms with E-state index in [-0.39, 0.29) is 6.54 Å². The van der Waals surface area contributed by atoms with Crippen molar-refractivity contribution in [3.8, 4) is 33.8 Å². The second-order valence-corrected chi connectivity index (χ2v) is 10.3. The standard InChI is InChI=1S/C24H18FN9O2S/c1-37(35,36)30-6-13-2-14(4-17(25)3-13)19-10-26-11-20-21(19)32-24(31-20)22-18-5-15(9-29-23(18)34-33-22)16-7-27-12-28-8-16/h2-5,7-12,30H,6H2,1H3,(H,31,32)(H,29,33,34). The maximum atomic E-state index is 14.5. The number of hydrogen-bond acceptors (Lipinski definition) is 8. The van der Waals surface area contributed by atoms with Crippen LogP contribution in [0, 0.1) is 5.82 Å². The summed E-state index contributed by atoms with van der Waals surface area (Å²) in [5.74, 6) is -0.0218. The van der Waals surface area contributed by atoms with Crippen molar-refractivity contribution in [1.82, 2.24) is 44.8 Å². The van der Waals surface area contributed by atoms with Crippen molar-refractivity contribution in [3.05, 3.63) is 73.0 Å². The van der Waals surface area contributed by atoms with Crippen molar-refractivity contribution < 1.29 is 12.8 Å². The van der Waals surface area contributed by atoms with Gasteiger partial charge in [0, 0.05) is 48.0 Å². The van der Waals surface area contributed by atoms with Crippen LogP contribution in [-0.4, -0.2) is 54.8 Å². The van der Waals surface area contributed by atoms with Gasteiger partial charge in [-0.05, 0) is 35.4 Å². The van der Waals surface area contributed by atoms with Gasteiger partial charge in [0.1, 0.15) is 17.8 Å². The number of nitrogens with zero attached hydrogens (tertiary/aromatic N) is 6. The molecule has 13 heteroatoms. The summed E-state index contributed by atoms with van der Waals surface area (Å²) in [6.45, 7) is -0.0418. The fourth-order valence-electron chi connectivity index (χ4n) is 4.07. The molecular formula is C24H18FN9O2S. The van der Waals surface area contributed by atoms with Gasteiger partial charge in [0.2, 0.25) is 10.0 Å². The Morgan fingerprint density at radius 2 is 1.78 bits per heavy atom. The zero-order valence-corrected chi connectivity index (χ0v) is 20.1. The van der Waals surface area contributed by atoms with Crippen LogP contribution in [0.3, 0.4) is 0 Å². The molecule has 11 nitrogen and oxygen atoms in total. The number of pyridine rings is 2. The Hall–Kier alpha value is -4.62. The number of sulfonamides is 1. The number of hydrogen-bond donors (Lipinski definition) is 3. The number of aromatic nitrogens is 8. The molecule has 0 saturated carbocycles. The van der Waals surface area contributed by atoms with Crippen molar-refractivity contribution >= 4 is 32.1 Å². The molecule has 0 radical (unpaired) electrons. The maximum absolute atomic E-state index is 14.5. The Bertz CT molecular complexity index is 1890. The number of aromatic amines is 2. The first-order valence-corrected chi connectivity index (χ1v) is 12.9. The average molecular weight is 516 g/mol. The van der Waals surface area contributed by atoms with Crippen LogP contribution < -0.4 is 4.72 Å². The molecule has 0 amide bonds. The molecule has 37 heavy (non-hydrogen) atoms. The van der Waals surface area contributed by atoms with Gasteiger partial charge in [-0.3, -0.25) is 10.1 Å². The molecule has 0 bridgehead atoms. The molecule has 5 aromatic heterocycles. The molecule has 0 aliphatic carbocycles. The summed E-state index contributed by atoms with van der Waals surface area (Å²) in [5, 5.41) is 8.08. The lowest BCUT2D eigenvalue weighted by molar-refractivity contribution is 0.586. The predicted molar refractivity (Wildman–Crippen MR) is 135 cm³/mol. The van der Waals surface area contributed by atoms with E-state index in [1.807, 2.05) is 6.07 Å². The molecule has 5 heterocycles. The van der Waals surface area contributed by atoms with Crippen LogP contribution >= 0.6 is 0 Å². The molecule has 0 aliphatic rings. The Labute approximate surface area is 209 Å². The summed E-state index contributed by atoms with van der Waals surface area (Å²) >= 11 is 0. The number of imidazole rings is 1. The number of benzene rings is 1. The highest BCUT2D eigenvalue weighted by Gasteiger charge is 2.17. The van der Waals surface area contributed by atoms with E-state index >= 15 is 0 Å². The topological polar surface area (TPSA) is 155 Å². The van der Waals surface area contributed by atoms with Gasteiger partial charge in [0.15, 0.2) is 11.5 Å². The minimum atomic E-state index is -3.43. The van der Waals surface area contributed by atoms with Gasteiger partial charge in [-0.15, -0.1) is 0 Å². The van der Waals surface area contributed by atoms with E-state index in [1.165, 1.54) is 18.5 Å². The molecule has 0 spiro atoms. The highest BCUT2D eigenvalue weighted by atomic mass is 32.2. The van der Waals surface area contributed by atoms with Gasteiger partial charge in [0.25, 0.3) is 0 Å². The third-order valence-corrected chi connectivity index (χ3v) is 6.40. The monoisotopic (exact) mass is 515 g/mol. The Morgan fingerprint density at radius 1 is 0.946 bits per heavy atom. The summed E-state index contributed by atoms with van der Waals surface area (Å²) in [6, 6.07) is 6.27. The van der Waals surface area contributed by atoms with Crippen LogP contribution in [0.4, 0.5) is 4.39 Å². The number of rotatable bonds is 6. The van der Waals surface area contributed by atoms with E-state index in [1.54, 1.807) is 37.1 Å². The van der Waals surface area contributed by atoms with Crippen LogP contribution in [0.2, 0.25) is 0 Å². The molecule has 0 atom stereocenters. The molecular weight excluding hydrogens is 497 g/mol. The van der Waals surface area contributed by atoms with Crippen molar-refractivity contribution in [2.24, 2.45) is 0 Å². The molecule has 0 saturated heterocycles. The second-order valence-electron chi connectivity index (χ2n) is 8.43. The first-order chi connectivity index (χ1) is 17.8. The lowest BCUT2D eigenvalue weighted by Crippen LogP contribution is -2.21. The summed E-state index contributed by atoms with van der Waals surface area (Å²) < 4.78 is 39.8. The number of H-pyrrole nitrogens is 2. The van der Waals surface area contributed by atoms with Crippen molar-refractivity contribution in [2.45, 2.75) is 6.54 Å². The number of nitrogens with one attached hydrogen (secondary N) is 3. The van der Waals surface area contributed by atoms with Gasteiger partial charge in [-0.25, -0.2) is 37.5 Å². The normalized spacial score (nSPS) is 11.9. The molecule has 3 N–H and O–H groups in total. The zero-order chi connectivity index (χ0) is 25.6. The lowest BCUT2D eigenvalue weighted by Gasteiger charge is -2.07. The largest absolute Gasteiger partial charge is 0.335 e. The number of halogens is 1. The predicted octanol–water partition coefficient (Wildman–Crippen LogP) is 3.21. The first-order valence-electron chi connectivity index (χ1n) is 11.0. The van der Waals surface area contributed by atoms with Gasteiger partial charge >= 0.3 is 0 Å². The lowest BCUT2D eigenvalue weighted by atomic mass is 10.0. The summed E-state index contributed by atoms with van der Waals surface area (Å²) in [5.41, 5.74) is 5.54. The van der Waals surface area contributed by atoms with E-state index in [0.717, 1.165) is 22.8 Å². The highest BCUT2D eigenvalue weighted by Crippen LogP contribution is 2.32. The van der Waals surface area contributed by atoms with E-state index < -0.39 is 15.8 Å². The maximum Gasteiger partial charge on any atom is 0.209 e. The summed E-state index contributed by atoms with van der Waals surface area (Å²) in [7, 11) is -3.43. The average Bonchev–Trinajstić information content (AvgIpc) is 3.51. The molecule has 184 valence electrons. The van der Waals surface area contributed by atoms with Crippen LogP contribution in [-0.2, 0) is 16.6 Å². The second kappa shape index (κ2) is 8.80. The molecule has 6 rings (SSSR count). The van der Waals surface area contributed by atoms with Gasteiger partial charge in [-0.1, -0.05) is 0 Å². The van der Waals surface area contributed by atoms with E-state index in [0.29, 0.717) is 44.9 Å². The Balaban J connectivity index is 1.44. The number of fused-ring (bicyclic) bond motifs is 2. The molecule has 0 aliphatic heterocycles. The molecule has 0 fully saturated rings. The van der Waals surface area contributed by atoms with Crippen LogP contribution in [0.1, 0.15) is 5.56 Å². The summed E-state index contributed by atoms with van der Waals surface area (Å²) in [4.78, 5) is 24.9. The van der Waals surface area contributed by atoms with E-state index in [2.05, 4.69) is 39.8 Å². The minimum Gasteiger partial charge on any atom is -0.335 e. The smallest absolute Gasteiger partial charge is 0.209 e. The summed E-state index contributed by atoms with van der Waals surface area (Å²) in [6.07, 6.45) is 10.8. The third kappa shape index (κ3) is 4.52. The molecule has 6 aromatic rings. The highest BCUT2D eigenvalue weighted by molar-refractivity contribution is 7.88. The Kier molecular flexibility index (Phi) is 5.43. The van der Waals surface area contributed by atoms with Gasteiger partial charge in [0.05, 0.1) is 28.9 Å². The van der Waals surface area contributed by atoms with Crippen molar-refractivity contribution in [3.63, 3.8) is 0 Å². The molecule has 1 aromatic carbocycles. The Morgan fingerprint density at radius 3 is 2.59 bits per heavy atom. The van der Waals surface area contributed by atoms with Crippen LogP contribution in [0.15, 0.2) is 61.6 Å². The van der Waals surface area contributed by atoms with Crippen molar-refractivity contribution in [1.29, 1.82) is 0 Å². The van der Waals surface area contributed by atoms with E-state index in [4.69, 9.17) is 4.98 Å². The van der Waals surface area contributed by atoms with Crippen molar-refractivity contribution in [2.75, 3.05) is 6.26 Å². The molecule has 0 unspecified atom stereocenters. The fraction of sp³-hybridized carbons (Fsp3) is 0.0833. The minimum absolute atomic E-state index is 0.0418. The van der Waals surface area contributed by atoms with Crippen LogP contribution in [0.5, 0.6) is 0 Å². The third-order valence-electron chi connectivity index (χ3n) is 5.74. The van der Waals surface area contributed by atoms with Gasteiger partial charge in [-0.2, -0.15) is 5.10 Å². The SMILES string of the molecule is CS(=O)(=O)NCc1cc(F)cc(-c2cncc3[nH]c(-c4n[nH]c5ncc(-c6cncnc6)cc45)nc23)c1. The van der Waals surface area contributed by atoms with E-state index in [9.17, 15) is 12.8 Å². The van der Waals surface area contributed by atoms with Crippen LogP contribution in [0.25, 0.3) is 55.8 Å².